The summed E-state index contributed by atoms with van der Waals surface area (Å²) in [5.74, 6) is 0. The Kier molecular flexibility index (Phi) is 17.1. The summed E-state index contributed by atoms with van der Waals surface area (Å²) in [5.41, 5.74) is 0. The van der Waals surface area contributed by atoms with E-state index in [9.17, 15) is 0 Å². The monoisotopic (exact) mass is 356 g/mol. The van der Waals surface area contributed by atoms with Crippen LogP contribution >= 0.6 is 24.8 Å². The number of thiol groups is 1. The van der Waals surface area contributed by atoms with E-state index in [0.717, 1.165) is 19.0 Å². The Labute approximate surface area is 142 Å². The fraction of sp³-hybridized carbons (Fsp3) is 0.923. The van der Waals surface area contributed by atoms with Crippen molar-refractivity contribution in [2.45, 2.75) is 33.2 Å². The Bertz CT molecular complexity index is 240. The number of hydrogen-bond acceptors (Lipinski definition) is 5. The van der Waals surface area contributed by atoms with Crippen LogP contribution in [0.1, 0.15) is 27.2 Å². The molecule has 0 saturated carbocycles. The van der Waals surface area contributed by atoms with Crippen molar-refractivity contribution < 1.29 is 13.3 Å². The molecular formula is C13H32N2O3S2Si. The molecule has 21 heavy (non-hydrogen) atoms. The van der Waals surface area contributed by atoms with Crippen molar-refractivity contribution in [3.05, 3.63) is 0 Å². The molecular weight excluding hydrogens is 324 g/mol. The molecule has 0 bridgehead atoms. The van der Waals surface area contributed by atoms with Gasteiger partial charge in [-0.05, 0) is 26.1 Å². The first-order chi connectivity index (χ1) is 9.94. The van der Waals surface area contributed by atoms with E-state index in [1.54, 1.807) is 21.3 Å². The topological polar surface area (TPSA) is 43.0 Å². The summed E-state index contributed by atoms with van der Waals surface area (Å²) in [5, 5.41) is 2.94. The smallest absolute Gasteiger partial charge is 0.377 e. The molecule has 0 aromatic carbocycles. The third kappa shape index (κ3) is 12.5. The van der Waals surface area contributed by atoms with Gasteiger partial charge in [0.25, 0.3) is 0 Å². The quantitative estimate of drug-likeness (QED) is 0.271. The Morgan fingerprint density at radius 1 is 1.05 bits per heavy atom. The van der Waals surface area contributed by atoms with E-state index in [1.807, 2.05) is 0 Å². The van der Waals surface area contributed by atoms with Crippen molar-refractivity contribution in [1.29, 1.82) is 0 Å². The molecule has 0 atom stereocenters. The lowest BCUT2D eigenvalue weighted by Gasteiger charge is -2.24. The van der Waals surface area contributed by atoms with Crippen LogP contribution in [-0.2, 0) is 13.3 Å². The molecule has 0 aliphatic rings. The first-order valence-electron chi connectivity index (χ1n) is 7.29. The third-order valence-electron chi connectivity index (χ3n) is 3.21. The molecule has 0 fully saturated rings. The number of hydrogen-bond donors (Lipinski definition) is 2. The summed E-state index contributed by atoms with van der Waals surface area (Å²) < 4.78 is 16.3. The van der Waals surface area contributed by atoms with E-state index in [4.69, 9.17) is 25.5 Å². The number of nitrogens with zero attached hydrogens (tertiary/aromatic N) is 1. The highest BCUT2D eigenvalue weighted by atomic mass is 32.1. The summed E-state index contributed by atoms with van der Waals surface area (Å²) in [7, 11) is 2.42. The SMILES string of the molecule is CCN(CC)CC.CO[Si](CCCNC(=S)S)(OC)OC. The van der Waals surface area contributed by atoms with Crippen molar-refractivity contribution in [1.82, 2.24) is 10.2 Å². The van der Waals surface area contributed by atoms with Crippen molar-refractivity contribution in [2.75, 3.05) is 47.5 Å². The maximum absolute atomic E-state index is 5.26. The average Bonchev–Trinajstić information content (AvgIpc) is 2.50. The predicted octanol–water partition coefficient (Wildman–Crippen LogP) is 2.41. The first-order valence-corrected chi connectivity index (χ1v) is 10.1. The molecule has 0 aliphatic heterocycles. The molecule has 0 saturated heterocycles. The normalized spacial score (nSPS) is 11.0. The minimum Gasteiger partial charge on any atom is -0.377 e. The minimum absolute atomic E-state index is 0.504. The second kappa shape index (κ2) is 15.2. The molecule has 0 spiro atoms. The van der Waals surface area contributed by atoms with Gasteiger partial charge in [-0.1, -0.05) is 33.0 Å². The fourth-order valence-corrected chi connectivity index (χ4v) is 3.66. The minimum atomic E-state index is -2.40. The van der Waals surface area contributed by atoms with Crippen LogP contribution in [0.5, 0.6) is 0 Å². The molecule has 0 aromatic rings. The first kappa shape index (κ1) is 23.6. The van der Waals surface area contributed by atoms with E-state index in [0.29, 0.717) is 4.32 Å². The van der Waals surface area contributed by atoms with Crippen LogP contribution in [-0.4, -0.2) is 65.5 Å². The van der Waals surface area contributed by atoms with Crippen LogP contribution < -0.4 is 5.32 Å². The van der Waals surface area contributed by atoms with Gasteiger partial charge in [0.1, 0.15) is 4.32 Å². The van der Waals surface area contributed by atoms with Crippen molar-refractivity contribution in [2.24, 2.45) is 0 Å². The zero-order chi connectivity index (χ0) is 16.7. The Morgan fingerprint density at radius 2 is 1.48 bits per heavy atom. The zero-order valence-corrected chi connectivity index (χ0v) is 17.0. The van der Waals surface area contributed by atoms with E-state index < -0.39 is 8.80 Å². The van der Waals surface area contributed by atoms with Gasteiger partial charge >= 0.3 is 8.80 Å². The summed E-state index contributed by atoms with van der Waals surface area (Å²) in [4.78, 5) is 2.38. The van der Waals surface area contributed by atoms with Crippen LogP contribution in [0.3, 0.4) is 0 Å². The molecule has 0 aromatic heterocycles. The lowest BCUT2D eigenvalue weighted by Crippen LogP contribution is -2.43. The molecule has 0 heterocycles. The van der Waals surface area contributed by atoms with Crippen LogP contribution in [0.15, 0.2) is 0 Å². The summed E-state index contributed by atoms with van der Waals surface area (Å²) in [6.07, 6.45) is 0.877. The van der Waals surface area contributed by atoms with Gasteiger partial charge < -0.3 is 23.5 Å². The lowest BCUT2D eigenvalue weighted by molar-refractivity contribution is 0.123. The Morgan fingerprint density at radius 3 is 1.71 bits per heavy atom. The van der Waals surface area contributed by atoms with E-state index in [1.165, 1.54) is 19.6 Å². The van der Waals surface area contributed by atoms with Crippen molar-refractivity contribution in [3.63, 3.8) is 0 Å². The molecule has 0 amide bonds. The zero-order valence-electron chi connectivity index (χ0n) is 14.3. The van der Waals surface area contributed by atoms with E-state index in [2.05, 4.69) is 43.6 Å². The van der Waals surface area contributed by atoms with Crippen LogP contribution in [0.4, 0.5) is 0 Å². The van der Waals surface area contributed by atoms with Gasteiger partial charge in [0.15, 0.2) is 0 Å². The summed E-state index contributed by atoms with van der Waals surface area (Å²) >= 11 is 8.71. The van der Waals surface area contributed by atoms with Crippen molar-refractivity contribution >= 4 is 38.0 Å². The van der Waals surface area contributed by atoms with Gasteiger partial charge in [-0.15, -0.1) is 12.6 Å². The van der Waals surface area contributed by atoms with Gasteiger partial charge in [0, 0.05) is 33.9 Å². The van der Waals surface area contributed by atoms with E-state index in [-0.39, 0.29) is 0 Å². The highest BCUT2D eigenvalue weighted by molar-refractivity contribution is 8.11. The molecule has 0 rings (SSSR count). The number of thiocarbonyl (C=S) groups is 1. The maximum Gasteiger partial charge on any atom is 0.500 e. The van der Waals surface area contributed by atoms with Crippen molar-refractivity contribution in [3.8, 4) is 0 Å². The van der Waals surface area contributed by atoms with E-state index >= 15 is 0 Å². The van der Waals surface area contributed by atoms with Gasteiger partial charge in [-0.25, -0.2) is 0 Å². The largest absolute Gasteiger partial charge is 0.500 e. The van der Waals surface area contributed by atoms with Crippen LogP contribution in [0, 0.1) is 0 Å². The molecule has 0 radical (unpaired) electrons. The van der Waals surface area contributed by atoms with Crippen LogP contribution in [0.25, 0.3) is 0 Å². The third-order valence-corrected chi connectivity index (χ3v) is 6.35. The Hall–Kier alpha value is 0.297. The summed E-state index contributed by atoms with van der Waals surface area (Å²) in [6.45, 7) is 10.9. The molecule has 1 N–H and O–H groups in total. The number of nitrogens with one attached hydrogen (secondary N) is 1. The molecule has 0 unspecified atom stereocenters. The fourth-order valence-electron chi connectivity index (χ4n) is 1.73. The second-order valence-electron chi connectivity index (χ2n) is 4.25. The molecule has 0 aliphatic carbocycles. The average molecular weight is 357 g/mol. The maximum atomic E-state index is 5.26. The highest BCUT2D eigenvalue weighted by Gasteiger charge is 2.36. The lowest BCUT2D eigenvalue weighted by atomic mass is 10.5. The van der Waals surface area contributed by atoms with Gasteiger partial charge in [0.05, 0.1) is 0 Å². The van der Waals surface area contributed by atoms with Gasteiger partial charge in [0.2, 0.25) is 0 Å². The molecule has 8 heteroatoms. The van der Waals surface area contributed by atoms with Crippen LogP contribution in [0.2, 0.25) is 6.04 Å². The Balaban J connectivity index is 0. The second-order valence-corrected chi connectivity index (χ2v) is 8.50. The van der Waals surface area contributed by atoms with Gasteiger partial charge in [-0.3, -0.25) is 0 Å². The number of rotatable bonds is 10. The van der Waals surface area contributed by atoms with Gasteiger partial charge in [-0.2, -0.15) is 0 Å². The molecule has 128 valence electrons. The predicted molar refractivity (Wildman–Crippen MR) is 99.3 cm³/mol. The molecule has 5 nitrogen and oxygen atoms in total. The standard InChI is InChI=1S/C7H17NO3S2Si.C6H15N/c1-9-14(10-2,11-3)6-4-5-8-7(12)13;1-4-7(5-2)6-3/h4-6H2,1-3H3,(H2,8,12,13);4-6H2,1-3H3. The highest BCUT2D eigenvalue weighted by Crippen LogP contribution is 2.14. The summed E-state index contributed by atoms with van der Waals surface area (Å²) in [6, 6.07) is 0.764.